The Hall–Kier alpha value is -3.18. The number of nitrogens with zero attached hydrogens (tertiary/aromatic N) is 5. The van der Waals surface area contributed by atoms with Gasteiger partial charge in [-0.3, -0.25) is 14.9 Å². The lowest BCUT2D eigenvalue weighted by molar-refractivity contribution is 0.326. The third-order valence-corrected chi connectivity index (χ3v) is 5.80. The van der Waals surface area contributed by atoms with Gasteiger partial charge in [0.15, 0.2) is 0 Å². The van der Waals surface area contributed by atoms with Crippen LogP contribution in [0.5, 0.6) is 0 Å². The summed E-state index contributed by atoms with van der Waals surface area (Å²) < 4.78 is 0. The first kappa shape index (κ1) is 17.9. The molecule has 5 rings (SSSR count). The van der Waals surface area contributed by atoms with Gasteiger partial charge in [0.25, 0.3) is 0 Å². The van der Waals surface area contributed by atoms with Gasteiger partial charge in [-0.25, -0.2) is 9.97 Å². The maximum atomic E-state index is 4.69. The van der Waals surface area contributed by atoms with Crippen molar-refractivity contribution in [3.63, 3.8) is 0 Å². The summed E-state index contributed by atoms with van der Waals surface area (Å²) in [7, 11) is 0. The topological polar surface area (TPSA) is 54.8 Å². The van der Waals surface area contributed by atoms with E-state index in [1.807, 2.05) is 30.9 Å². The van der Waals surface area contributed by atoms with Gasteiger partial charge >= 0.3 is 0 Å². The standard InChI is InChI=1S/C24H23N5/c1-17-4-5-21(22-3-2-8-28-24(17)22)23-11-19(6-9-27-23)20-7-10-29(15-20)14-18-12-25-16-26-13-18/h2-6,8-9,11-13,16,20H,7,10,14-15H2,1H3/t20-/m1/s1. The predicted octanol–water partition coefficient (Wildman–Crippen LogP) is 4.38. The SMILES string of the molecule is Cc1ccc(-c2cc([C@@H]3CCN(Cc4cncnc4)C3)ccn2)c2cccnc12. The van der Waals surface area contributed by atoms with Gasteiger partial charge in [0.05, 0.1) is 11.2 Å². The van der Waals surface area contributed by atoms with Crippen molar-refractivity contribution in [3.05, 3.63) is 84.2 Å². The lowest BCUT2D eigenvalue weighted by Gasteiger charge is -2.16. The average Bonchev–Trinajstić information content (AvgIpc) is 3.24. The van der Waals surface area contributed by atoms with E-state index >= 15 is 0 Å². The highest BCUT2D eigenvalue weighted by atomic mass is 15.1. The van der Waals surface area contributed by atoms with Crippen LogP contribution < -0.4 is 0 Å². The van der Waals surface area contributed by atoms with E-state index < -0.39 is 0 Å². The van der Waals surface area contributed by atoms with Crippen LogP contribution in [0, 0.1) is 6.92 Å². The zero-order valence-corrected chi connectivity index (χ0v) is 16.5. The first-order chi connectivity index (χ1) is 14.3. The minimum atomic E-state index is 0.524. The van der Waals surface area contributed by atoms with Crippen LogP contribution >= 0.6 is 0 Å². The summed E-state index contributed by atoms with van der Waals surface area (Å²) in [6, 6.07) is 12.9. The molecule has 5 nitrogen and oxygen atoms in total. The Morgan fingerprint density at radius 3 is 2.83 bits per heavy atom. The third kappa shape index (κ3) is 3.61. The fourth-order valence-electron chi connectivity index (χ4n) is 4.30. The van der Waals surface area contributed by atoms with E-state index in [4.69, 9.17) is 0 Å². The lowest BCUT2D eigenvalue weighted by atomic mass is 9.96. The normalized spacial score (nSPS) is 17.1. The minimum absolute atomic E-state index is 0.524. The van der Waals surface area contributed by atoms with Crippen molar-refractivity contribution in [2.45, 2.75) is 25.8 Å². The molecular formula is C24H23N5. The largest absolute Gasteiger partial charge is 0.298 e. The molecule has 0 N–H and O–H groups in total. The van der Waals surface area contributed by atoms with Gasteiger partial charge in [-0.1, -0.05) is 18.2 Å². The Kier molecular flexibility index (Phi) is 4.74. The van der Waals surface area contributed by atoms with Gasteiger partial charge in [-0.05, 0) is 55.1 Å². The van der Waals surface area contributed by atoms with E-state index in [0.717, 1.165) is 48.2 Å². The molecule has 1 fully saturated rings. The van der Waals surface area contributed by atoms with Gasteiger partial charge in [0, 0.05) is 54.4 Å². The average molecular weight is 381 g/mol. The van der Waals surface area contributed by atoms with Gasteiger partial charge in [-0.15, -0.1) is 0 Å². The first-order valence-electron chi connectivity index (χ1n) is 10.0. The van der Waals surface area contributed by atoms with Gasteiger partial charge in [-0.2, -0.15) is 0 Å². The second kappa shape index (κ2) is 7.68. The summed E-state index contributed by atoms with van der Waals surface area (Å²) in [5, 5.41) is 1.16. The number of hydrogen-bond donors (Lipinski definition) is 0. The van der Waals surface area contributed by atoms with E-state index in [1.54, 1.807) is 6.33 Å². The van der Waals surface area contributed by atoms with Crippen LogP contribution in [0.2, 0.25) is 0 Å². The molecule has 0 saturated carbocycles. The number of aromatic nitrogens is 4. The van der Waals surface area contributed by atoms with Crippen LogP contribution in [-0.4, -0.2) is 37.9 Å². The molecule has 0 aliphatic carbocycles. The van der Waals surface area contributed by atoms with Crippen molar-refractivity contribution in [1.29, 1.82) is 0 Å². The van der Waals surface area contributed by atoms with Crippen molar-refractivity contribution in [2.75, 3.05) is 13.1 Å². The Bertz CT molecular complexity index is 1140. The van der Waals surface area contributed by atoms with E-state index in [2.05, 4.69) is 62.1 Å². The van der Waals surface area contributed by atoms with Crippen LogP contribution in [0.3, 0.4) is 0 Å². The van der Waals surface area contributed by atoms with Crippen molar-refractivity contribution in [2.24, 2.45) is 0 Å². The molecule has 4 heterocycles. The Morgan fingerprint density at radius 2 is 1.93 bits per heavy atom. The number of hydrogen-bond acceptors (Lipinski definition) is 5. The molecule has 4 aromatic rings. The molecule has 1 aliphatic rings. The van der Waals surface area contributed by atoms with Crippen molar-refractivity contribution >= 4 is 10.9 Å². The second-order valence-corrected chi connectivity index (χ2v) is 7.77. The van der Waals surface area contributed by atoms with Crippen LogP contribution in [0.1, 0.15) is 29.0 Å². The van der Waals surface area contributed by atoms with Crippen molar-refractivity contribution in [1.82, 2.24) is 24.8 Å². The molecule has 1 aliphatic heterocycles. The van der Waals surface area contributed by atoms with Crippen molar-refractivity contribution < 1.29 is 0 Å². The van der Waals surface area contributed by atoms with Gasteiger partial charge in [0.1, 0.15) is 6.33 Å². The summed E-state index contributed by atoms with van der Waals surface area (Å²) in [6.07, 6.45) is 10.4. The number of rotatable bonds is 4. The monoisotopic (exact) mass is 381 g/mol. The molecule has 1 aromatic carbocycles. The Labute approximate surface area is 170 Å². The summed E-state index contributed by atoms with van der Waals surface area (Å²) >= 11 is 0. The zero-order chi connectivity index (χ0) is 19.6. The number of likely N-dealkylation sites (tertiary alicyclic amines) is 1. The molecule has 3 aromatic heterocycles. The molecule has 5 heteroatoms. The summed E-state index contributed by atoms with van der Waals surface area (Å²) in [5.41, 5.74) is 6.94. The predicted molar refractivity (Wildman–Crippen MR) is 114 cm³/mol. The highest BCUT2D eigenvalue weighted by Gasteiger charge is 2.24. The molecule has 0 unspecified atom stereocenters. The molecule has 0 amide bonds. The van der Waals surface area contributed by atoms with Crippen LogP contribution in [0.4, 0.5) is 0 Å². The van der Waals surface area contributed by atoms with E-state index in [9.17, 15) is 0 Å². The van der Waals surface area contributed by atoms with Crippen LogP contribution in [0.25, 0.3) is 22.2 Å². The fraction of sp³-hybridized carbons (Fsp3) is 0.250. The lowest BCUT2D eigenvalue weighted by Crippen LogP contribution is -2.20. The number of benzene rings is 1. The smallest absolute Gasteiger partial charge is 0.115 e. The third-order valence-electron chi connectivity index (χ3n) is 5.80. The first-order valence-corrected chi connectivity index (χ1v) is 10.0. The number of aryl methyl sites for hydroxylation is 1. The van der Waals surface area contributed by atoms with E-state index in [1.165, 1.54) is 16.7 Å². The molecular weight excluding hydrogens is 358 g/mol. The fourth-order valence-corrected chi connectivity index (χ4v) is 4.30. The van der Waals surface area contributed by atoms with Crippen LogP contribution in [0.15, 0.2) is 67.5 Å². The summed E-state index contributed by atoms with van der Waals surface area (Å²) in [4.78, 5) is 20.0. The van der Waals surface area contributed by atoms with E-state index in [0.29, 0.717) is 5.92 Å². The molecule has 0 spiro atoms. The highest BCUT2D eigenvalue weighted by Crippen LogP contribution is 2.32. The Balaban J connectivity index is 1.41. The van der Waals surface area contributed by atoms with E-state index in [-0.39, 0.29) is 0 Å². The quantitative estimate of drug-likeness (QED) is 0.525. The highest BCUT2D eigenvalue weighted by molar-refractivity contribution is 5.95. The van der Waals surface area contributed by atoms with Gasteiger partial charge < -0.3 is 0 Å². The minimum Gasteiger partial charge on any atom is -0.298 e. The molecule has 0 bridgehead atoms. The maximum Gasteiger partial charge on any atom is 0.115 e. The molecule has 29 heavy (non-hydrogen) atoms. The number of pyridine rings is 2. The number of fused-ring (bicyclic) bond motifs is 1. The van der Waals surface area contributed by atoms with Crippen LogP contribution in [-0.2, 0) is 6.54 Å². The van der Waals surface area contributed by atoms with Crippen molar-refractivity contribution in [3.8, 4) is 11.3 Å². The summed E-state index contributed by atoms with van der Waals surface area (Å²) in [6.45, 7) is 5.15. The second-order valence-electron chi connectivity index (χ2n) is 7.77. The molecule has 144 valence electrons. The molecule has 1 atom stereocenters. The molecule has 1 saturated heterocycles. The maximum absolute atomic E-state index is 4.69. The zero-order valence-electron chi connectivity index (χ0n) is 16.5. The summed E-state index contributed by atoms with van der Waals surface area (Å²) in [5.74, 6) is 0.524. The van der Waals surface area contributed by atoms with Gasteiger partial charge in [0.2, 0.25) is 0 Å². The Morgan fingerprint density at radius 1 is 1.03 bits per heavy atom. The molecule has 0 radical (unpaired) electrons.